The highest BCUT2D eigenvalue weighted by Gasteiger charge is 2.19. The van der Waals surface area contributed by atoms with Crippen LogP contribution in [0.15, 0.2) is 47.6 Å². The lowest BCUT2D eigenvalue weighted by molar-refractivity contribution is -0.386. The summed E-state index contributed by atoms with van der Waals surface area (Å²) in [6, 6.07) is 10.7. The largest absolute Gasteiger partial charge is 0.500 e. The fourth-order valence-electron chi connectivity index (χ4n) is 2.00. The number of aromatic hydroxyl groups is 1. The summed E-state index contributed by atoms with van der Waals surface area (Å²) in [6.07, 6.45) is -0.271. The Labute approximate surface area is 142 Å². The normalized spacial score (nSPS) is 11.9. The van der Waals surface area contributed by atoms with Crippen LogP contribution in [0.1, 0.15) is 17.2 Å². The monoisotopic (exact) mass is 345 g/mol. The Morgan fingerprint density at radius 2 is 2.04 bits per heavy atom. The van der Waals surface area contributed by atoms with Gasteiger partial charge in [-0.25, -0.2) is 5.43 Å². The number of nitro benzene ring substituents is 1. The van der Waals surface area contributed by atoms with E-state index in [1.165, 1.54) is 13.2 Å². The van der Waals surface area contributed by atoms with Crippen LogP contribution in [-0.2, 0) is 4.79 Å². The minimum atomic E-state index is -1.40. The smallest absolute Gasteiger partial charge is 0.315 e. The van der Waals surface area contributed by atoms with Crippen molar-refractivity contribution in [3.63, 3.8) is 0 Å². The van der Waals surface area contributed by atoms with Gasteiger partial charge in [0.2, 0.25) is 5.75 Å². The average molecular weight is 345 g/mol. The molecule has 3 N–H and O–H groups in total. The quantitative estimate of drug-likeness (QED) is 0.412. The average Bonchev–Trinajstić information content (AvgIpc) is 2.62. The number of hydrogen-bond acceptors (Lipinski definition) is 7. The van der Waals surface area contributed by atoms with Crippen molar-refractivity contribution in [2.75, 3.05) is 7.11 Å². The Kier molecular flexibility index (Phi) is 5.64. The molecule has 0 aliphatic carbocycles. The van der Waals surface area contributed by atoms with Crippen LogP contribution in [0.5, 0.6) is 11.5 Å². The van der Waals surface area contributed by atoms with E-state index in [4.69, 9.17) is 4.74 Å². The molecule has 9 heteroatoms. The molecule has 130 valence electrons. The van der Waals surface area contributed by atoms with Crippen LogP contribution in [0.2, 0.25) is 0 Å². The third-order valence-electron chi connectivity index (χ3n) is 3.25. The van der Waals surface area contributed by atoms with Crippen LogP contribution in [0.3, 0.4) is 0 Å². The molecule has 0 bridgehead atoms. The molecule has 0 fully saturated rings. The Balaban J connectivity index is 2.13. The Morgan fingerprint density at radius 1 is 1.36 bits per heavy atom. The van der Waals surface area contributed by atoms with Gasteiger partial charge in [-0.1, -0.05) is 30.3 Å². The molecule has 0 aliphatic rings. The van der Waals surface area contributed by atoms with Gasteiger partial charge in [0, 0.05) is 11.6 Å². The third kappa shape index (κ3) is 4.30. The van der Waals surface area contributed by atoms with Crippen molar-refractivity contribution in [3.05, 3.63) is 63.7 Å². The highest BCUT2D eigenvalue weighted by molar-refractivity contribution is 5.86. The molecule has 0 saturated heterocycles. The zero-order chi connectivity index (χ0) is 18.4. The highest BCUT2D eigenvalue weighted by Crippen LogP contribution is 2.36. The van der Waals surface area contributed by atoms with Gasteiger partial charge in [0.25, 0.3) is 5.91 Å². The number of methoxy groups -OCH3 is 1. The molecule has 2 aromatic carbocycles. The minimum Gasteiger partial charge on any atom is -0.500 e. The first kappa shape index (κ1) is 17.9. The van der Waals surface area contributed by atoms with Crippen molar-refractivity contribution in [2.24, 2.45) is 5.10 Å². The fourth-order valence-corrected chi connectivity index (χ4v) is 2.00. The van der Waals surface area contributed by atoms with Crippen molar-refractivity contribution < 1.29 is 24.7 Å². The zero-order valence-corrected chi connectivity index (χ0v) is 13.1. The number of nitrogens with zero attached hydrogens (tertiary/aromatic N) is 2. The molecule has 0 radical (unpaired) electrons. The van der Waals surface area contributed by atoms with Gasteiger partial charge in [-0.2, -0.15) is 5.10 Å². The molecule has 0 saturated carbocycles. The first-order valence-electron chi connectivity index (χ1n) is 7.05. The second-order valence-electron chi connectivity index (χ2n) is 4.90. The summed E-state index contributed by atoms with van der Waals surface area (Å²) in [6.45, 7) is 0. The number of phenols is 1. The number of nitro groups is 1. The van der Waals surface area contributed by atoms with E-state index in [1.807, 2.05) is 0 Å². The lowest BCUT2D eigenvalue weighted by Gasteiger charge is -2.08. The predicted octanol–water partition coefficient (Wildman–Crippen LogP) is 1.49. The number of carbonyl (C=O) groups excluding carboxylic acids is 1. The van der Waals surface area contributed by atoms with Crippen LogP contribution in [-0.4, -0.2) is 34.4 Å². The first-order valence-corrected chi connectivity index (χ1v) is 7.05. The molecule has 1 amide bonds. The number of aliphatic hydroxyl groups is 1. The molecular weight excluding hydrogens is 330 g/mol. The van der Waals surface area contributed by atoms with Crippen LogP contribution in [0.4, 0.5) is 5.69 Å². The summed E-state index contributed by atoms with van der Waals surface area (Å²) >= 11 is 0. The number of amides is 1. The van der Waals surface area contributed by atoms with Crippen LogP contribution < -0.4 is 10.2 Å². The van der Waals surface area contributed by atoms with Crippen LogP contribution in [0, 0.1) is 10.1 Å². The lowest BCUT2D eigenvalue weighted by Crippen LogP contribution is -2.25. The van der Waals surface area contributed by atoms with Crippen molar-refractivity contribution >= 4 is 17.8 Å². The van der Waals surface area contributed by atoms with Crippen molar-refractivity contribution in [3.8, 4) is 11.5 Å². The summed E-state index contributed by atoms with van der Waals surface area (Å²) in [4.78, 5) is 22.0. The Morgan fingerprint density at radius 3 is 2.64 bits per heavy atom. The van der Waals surface area contributed by atoms with Gasteiger partial charge in [0.05, 0.1) is 18.2 Å². The van der Waals surface area contributed by atoms with E-state index in [2.05, 4.69) is 10.5 Å². The van der Waals surface area contributed by atoms with E-state index in [1.54, 1.807) is 30.3 Å². The fraction of sp³-hybridized carbons (Fsp3) is 0.125. The maximum Gasteiger partial charge on any atom is 0.315 e. The minimum absolute atomic E-state index is 0.105. The van der Waals surface area contributed by atoms with Gasteiger partial charge < -0.3 is 14.9 Å². The van der Waals surface area contributed by atoms with E-state index < -0.39 is 28.4 Å². The summed E-state index contributed by atoms with van der Waals surface area (Å²) in [7, 11) is 1.25. The molecular formula is C16H15N3O6. The summed E-state index contributed by atoms with van der Waals surface area (Å²) in [5, 5.41) is 34.1. The standard InChI is InChI=1S/C16H15N3O6/c1-25-13-8-10(7-12(15(13)21)19(23)24)9-17-18-16(22)14(20)11-5-3-2-4-6-11/h2-9,14,20-21H,1H3,(H,18,22)/b17-9-/t14-/m1/s1. The van der Waals surface area contributed by atoms with Crippen LogP contribution in [0.25, 0.3) is 0 Å². The zero-order valence-electron chi connectivity index (χ0n) is 13.1. The number of benzene rings is 2. The SMILES string of the molecule is COc1cc(/C=N\NC(=O)[C@H](O)c2ccccc2)cc([N+](=O)[O-])c1O. The van der Waals surface area contributed by atoms with Gasteiger partial charge in [-0.15, -0.1) is 0 Å². The van der Waals surface area contributed by atoms with Crippen molar-refractivity contribution in [2.45, 2.75) is 6.10 Å². The maximum absolute atomic E-state index is 11.8. The van der Waals surface area contributed by atoms with E-state index in [-0.39, 0.29) is 11.3 Å². The number of nitrogens with one attached hydrogen (secondary N) is 1. The molecule has 2 rings (SSSR count). The summed E-state index contributed by atoms with van der Waals surface area (Å²) in [5.41, 5.74) is 2.20. The molecule has 0 unspecified atom stereocenters. The number of carbonyl (C=O) groups is 1. The first-order chi connectivity index (χ1) is 11.9. The number of aliphatic hydroxyl groups excluding tert-OH is 1. The lowest BCUT2D eigenvalue weighted by atomic mass is 10.1. The van der Waals surface area contributed by atoms with Crippen LogP contribution >= 0.6 is 0 Å². The van der Waals surface area contributed by atoms with Gasteiger partial charge >= 0.3 is 5.69 Å². The second-order valence-corrected chi connectivity index (χ2v) is 4.90. The summed E-state index contributed by atoms with van der Waals surface area (Å²) in [5.74, 6) is -1.47. The van der Waals surface area contributed by atoms with Gasteiger partial charge in [0.15, 0.2) is 11.9 Å². The van der Waals surface area contributed by atoms with Crippen molar-refractivity contribution in [1.82, 2.24) is 5.43 Å². The number of phenolic OH excluding ortho intramolecular Hbond substituents is 1. The molecule has 0 heterocycles. The summed E-state index contributed by atoms with van der Waals surface area (Å²) < 4.78 is 4.86. The molecule has 0 aromatic heterocycles. The van der Waals surface area contributed by atoms with Crippen molar-refractivity contribution in [1.29, 1.82) is 0 Å². The second kappa shape index (κ2) is 7.88. The third-order valence-corrected chi connectivity index (χ3v) is 3.25. The number of rotatable bonds is 6. The van der Waals surface area contributed by atoms with E-state index in [0.29, 0.717) is 5.56 Å². The number of ether oxygens (including phenoxy) is 1. The molecule has 25 heavy (non-hydrogen) atoms. The van der Waals surface area contributed by atoms with Gasteiger partial charge in [0.1, 0.15) is 0 Å². The number of hydrogen-bond donors (Lipinski definition) is 3. The predicted molar refractivity (Wildman–Crippen MR) is 88.5 cm³/mol. The molecule has 2 aromatic rings. The van der Waals surface area contributed by atoms with E-state index >= 15 is 0 Å². The van der Waals surface area contributed by atoms with E-state index in [9.17, 15) is 25.1 Å². The van der Waals surface area contributed by atoms with Gasteiger partial charge in [-0.05, 0) is 11.6 Å². The molecule has 0 spiro atoms. The van der Waals surface area contributed by atoms with Gasteiger partial charge in [-0.3, -0.25) is 14.9 Å². The molecule has 1 atom stereocenters. The number of hydrazone groups is 1. The van der Waals surface area contributed by atoms with E-state index in [0.717, 1.165) is 12.3 Å². The Hall–Kier alpha value is -3.46. The molecule has 0 aliphatic heterocycles. The highest BCUT2D eigenvalue weighted by atomic mass is 16.6. The topological polar surface area (TPSA) is 134 Å². The molecule has 9 nitrogen and oxygen atoms in total. The Bertz CT molecular complexity index is 807. The maximum atomic E-state index is 11.8.